The number of ether oxygens (including phenoxy) is 1. The van der Waals surface area contributed by atoms with Gasteiger partial charge < -0.3 is 15.8 Å². The average Bonchev–Trinajstić information content (AvgIpc) is 3.02. The van der Waals surface area contributed by atoms with Crippen molar-refractivity contribution >= 4 is 29.7 Å². The highest BCUT2D eigenvalue weighted by Crippen LogP contribution is 2.28. The zero-order valence-corrected chi connectivity index (χ0v) is 15.2. The number of rotatable bonds is 8. The van der Waals surface area contributed by atoms with Crippen LogP contribution < -0.4 is 15.8 Å². The molecule has 0 aliphatic carbocycles. The first-order valence-electron chi connectivity index (χ1n) is 7.54. The first-order chi connectivity index (χ1) is 11.5. The highest BCUT2D eigenvalue weighted by atomic mass is 35.5. The van der Waals surface area contributed by atoms with Crippen LogP contribution in [0.4, 0.5) is 8.78 Å². The smallest absolute Gasteiger partial charge is 0.387 e. The maximum absolute atomic E-state index is 12.5. The summed E-state index contributed by atoms with van der Waals surface area (Å²) >= 11 is 1.37. The Kier molecular flexibility index (Phi) is 8.74. The van der Waals surface area contributed by atoms with Crippen LogP contribution >= 0.6 is 23.7 Å². The molecule has 0 fully saturated rings. The third-order valence-electron chi connectivity index (χ3n) is 3.37. The molecule has 1 atom stereocenters. The molecular weight excluding hydrogens is 372 g/mol. The van der Waals surface area contributed by atoms with E-state index in [4.69, 9.17) is 5.73 Å². The van der Waals surface area contributed by atoms with Gasteiger partial charge in [-0.2, -0.15) is 8.78 Å². The van der Waals surface area contributed by atoms with Crippen molar-refractivity contribution in [2.45, 2.75) is 32.4 Å². The molecule has 0 aliphatic rings. The van der Waals surface area contributed by atoms with E-state index in [1.807, 2.05) is 6.92 Å². The number of thiazole rings is 1. The van der Waals surface area contributed by atoms with Crippen LogP contribution in [0.2, 0.25) is 0 Å². The van der Waals surface area contributed by atoms with Gasteiger partial charge in [0.15, 0.2) is 0 Å². The number of aromatic nitrogens is 1. The average molecular weight is 392 g/mol. The lowest BCUT2D eigenvalue weighted by Crippen LogP contribution is -2.29. The summed E-state index contributed by atoms with van der Waals surface area (Å²) in [5.74, 6) is -0.296. The van der Waals surface area contributed by atoms with Crippen LogP contribution in [0, 0.1) is 0 Å². The van der Waals surface area contributed by atoms with Crippen molar-refractivity contribution in [3.63, 3.8) is 0 Å². The van der Waals surface area contributed by atoms with Gasteiger partial charge in [0.2, 0.25) is 0 Å². The lowest BCUT2D eigenvalue weighted by atomic mass is 10.0. The van der Waals surface area contributed by atoms with E-state index < -0.39 is 12.7 Å². The molecule has 1 heterocycles. The van der Waals surface area contributed by atoms with E-state index in [9.17, 15) is 13.6 Å². The number of alkyl halides is 2. The summed E-state index contributed by atoms with van der Waals surface area (Å²) in [6.07, 6.45) is 1.13. The Balaban J connectivity index is 0.00000312. The molecule has 1 aromatic heterocycles. The Hall–Kier alpha value is -1.77. The summed E-state index contributed by atoms with van der Waals surface area (Å²) in [7, 11) is 0. The summed E-state index contributed by atoms with van der Waals surface area (Å²) < 4.78 is 29.6. The lowest BCUT2D eigenvalue weighted by molar-refractivity contribution is -0.0506. The molecule has 1 unspecified atom stereocenters. The second-order valence-electron chi connectivity index (χ2n) is 5.02. The highest BCUT2D eigenvalue weighted by Gasteiger charge is 2.20. The number of nitrogens with zero attached hydrogens (tertiary/aromatic N) is 1. The molecular formula is C16H20ClF2N3O2S. The predicted octanol–water partition coefficient (Wildman–Crippen LogP) is 3.55. The van der Waals surface area contributed by atoms with Gasteiger partial charge in [-0.05, 0) is 19.0 Å². The van der Waals surface area contributed by atoms with Crippen LogP contribution in [-0.2, 0) is 6.42 Å². The lowest BCUT2D eigenvalue weighted by Gasteiger charge is -2.20. The first-order valence-corrected chi connectivity index (χ1v) is 8.42. The minimum Gasteiger partial charge on any atom is -0.434 e. The molecule has 25 heavy (non-hydrogen) atoms. The number of para-hydroxylation sites is 1. The van der Waals surface area contributed by atoms with Crippen molar-refractivity contribution in [2.24, 2.45) is 5.73 Å². The molecule has 9 heteroatoms. The number of hydrogen-bond donors (Lipinski definition) is 2. The summed E-state index contributed by atoms with van der Waals surface area (Å²) in [5, 5.41) is 5.27. The van der Waals surface area contributed by atoms with Crippen LogP contribution in [0.15, 0.2) is 29.6 Å². The fraction of sp³-hybridized carbons (Fsp3) is 0.375. The highest BCUT2D eigenvalue weighted by molar-refractivity contribution is 7.09. The van der Waals surface area contributed by atoms with Crippen molar-refractivity contribution < 1.29 is 18.3 Å². The number of carbonyl (C=O) groups is 1. The van der Waals surface area contributed by atoms with E-state index in [2.05, 4.69) is 15.0 Å². The van der Waals surface area contributed by atoms with Crippen LogP contribution in [0.5, 0.6) is 5.75 Å². The molecule has 3 N–H and O–H groups in total. The molecule has 0 radical (unpaired) electrons. The molecule has 2 aromatic rings. The second kappa shape index (κ2) is 10.3. The van der Waals surface area contributed by atoms with E-state index in [0.29, 0.717) is 30.6 Å². The SMILES string of the molecule is CCC(NC(=O)c1csc(CCN)n1)c1ccccc1OC(F)F.Cl. The van der Waals surface area contributed by atoms with Crippen LogP contribution in [0.1, 0.15) is 40.4 Å². The molecule has 2 rings (SSSR count). The Labute approximate surface area is 155 Å². The van der Waals surface area contributed by atoms with Crippen molar-refractivity contribution in [1.29, 1.82) is 0 Å². The summed E-state index contributed by atoms with van der Waals surface area (Å²) in [6, 6.07) is 5.98. The minimum atomic E-state index is -2.92. The van der Waals surface area contributed by atoms with Crippen molar-refractivity contribution in [3.8, 4) is 5.75 Å². The quantitative estimate of drug-likeness (QED) is 0.721. The summed E-state index contributed by atoms with van der Waals surface area (Å²) in [6.45, 7) is -0.605. The zero-order valence-electron chi connectivity index (χ0n) is 13.6. The van der Waals surface area contributed by atoms with Crippen molar-refractivity contribution in [2.75, 3.05) is 6.54 Å². The van der Waals surface area contributed by atoms with Gasteiger partial charge in [0.1, 0.15) is 11.4 Å². The largest absolute Gasteiger partial charge is 0.434 e. The number of hydrogen-bond acceptors (Lipinski definition) is 5. The van der Waals surface area contributed by atoms with E-state index in [0.717, 1.165) is 5.01 Å². The Bertz CT molecular complexity index is 685. The number of carbonyl (C=O) groups excluding carboxylic acids is 1. The molecule has 0 saturated carbocycles. The summed E-state index contributed by atoms with van der Waals surface area (Å²) in [5.41, 5.74) is 6.28. The third-order valence-corrected chi connectivity index (χ3v) is 4.28. The normalized spacial score (nSPS) is 11.7. The van der Waals surface area contributed by atoms with Gasteiger partial charge >= 0.3 is 6.61 Å². The van der Waals surface area contributed by atoms with Gasteiger partial charge in [0.05, 0.1) is 11.0 Å². The minimum absolute atomic E-state index is 0. The number of nitrogens with two attached hydrogens (primary N) is 1. The fourth-order valence-electron chi connectivity index (χ4n) is 2.26. The Morgan fingerprint density at radius 1 is 1.40 bits per heavy atom. The monoisotopic (exact) mass is 391 g/mol. The Morgan fingerprint density at radius 3 is 2.76 bits per heavy atom. The van der Waals surface area contributed by atoms with E-state index in [1.54, 1.807) is 23.6 Å². The Morgan fingerprint density at radius 2 is 2.12 bits per heavy atom. The number of amides is 1. The number of nitrogens with one attached hydrogen (secondary N) is 1. The van der Waals surface area contributed by atoms with Crippen LogP contribution in [0.25, 0.3) is 0 Å². The maximum atomic E-state index is 12.5. The predicted molar refractivity (Wildman–Crippen MR) is 95.7 cm³/mol. The molecule has 5 nitrogen and oxygen atoms in total. The number of halogens is 3. The summed E-state index contributed by atoms with van der Waals surface area (Å²) in [4.78, 5) is 16.6. The van der Waals surface area contributed by atoms with Gasteiger partial charge in [0, 0.05) is 17.4 Å². The van der Waals surface area contributed by atoms with Crippen LogP contribution in [-0.4, -0.2) is 24.0 Å². The maximum Gasteiger partial charge on any atom is 0.387 e. The van der Waals surface area contributed by atoms with Gasteiger partial charge in [-0.25, -0.2) is 4.98 Å². The zero-order chi connectivity index (χ0) is 17.5. The van der Waals surface area contributed by atoms with Crippen molar-refractivity contribution in [1.82, 2.24) is 10.3 Å². The molecule has 0 aliphatic heterocycles. The third kappa shape index (κ3) is 5.91. The van der Waals surface area contributed by atoms with Gasteiger partial charge in [0.25, 0.3) is 5.91 Å². The fourth-order valence-corrected chi connectivity index (χ4v) is 3.05. The van der Waals surface area contributed by atoms with Crippen molar-refractivity contribution in [3.05, 3.63) is 45.9 Å². The molecule has 138 valence electrons. The topological polar surface area (TPSA) is 77.2 Å². The molecule has 0 spiro atoms. The molecule has 1 aromatic carbocycles. The van der Waals surface area contributed by atoms with Gasteiger partial charge in [-0.15, -0.1) is 23.7 Å². The molecule has 0 saturated heterocycles. The van der Waals surface area contributed by atoms with E-state index in [-0.39, 0.29) is 24.1 Å². The standard InChI is InChI=1S/C16H19F2N3O2S.ClH/c1-2-11(10-5-3-4-6-13(10)23-16(17)18)21-15(22)12-9-24-14(20-12)7-8-19;/h3-6,9,11,16H,2,7-8,19H2,1H3,(H,21,22);1H. The van der Waals surface area contributed by atoms with E-state index >= 15 is 0 Å². The van der Waals surface area contributed by atoms with Gasteiger partial charge in [-0.3, -0.25) is 4.79 Å². The van der Waals surface area contributed by atoms with E-state index in [1.165, 1.54) is 17.4 Å². The first kappa shape index (κ1) is 21.3. The second-order valence-corrected chi connectivity index (χ2v) is 5.96. The molecule has 0 bridgehead atoms. The van der Waals surface area contributed by atoms with Gasteiger partial charge in [-0.1, -0.05) is 25.1 Å². The molecule has 1 amide bonds. The number of benzene rings is 1. The van der Waals surface area contributed by atoms with Crippen LogP contribution in [0.3, 0.4) is 0 Å².